The SMILES string of the molecule is O=C(CNC1=NCCN1)N1CCCC1. The molecular formula is C9H16N4O. The average Bonchev–Trinajstić information content (AvgIpc) is 2.87. The Bertz CT molecular complexity index is 245. The van der Waals surface area contributed by atoms with Gasteiger partial charge in [-0.05, 0) is 12.8 Å². The first-order valence-electron chi connectivity index (χ1n) is 5.16. The van der Waals surface area contributed by atoms with Gasteiger partial charge in [0, 0.05) is 19.6 Å². The van der Waals surface area contributed by atoms with Gasteiger partial charge in [0.2, 0.25) is 5.91 Å². The molecule has 0 aromatic carbocycles. The molecule has 0 aliphatic carbocycles. The molecule has 5 heteroatoms. The second-order valence-electron chi connectivity index (χ2n) is 3.60. The maximum Gasteiger partial charge on any atom is 0.241 e. The number of aliphatic imine (C=N–C) groups is 1. The van der Waals surface area contributed by atoms with Crippen LogP contribution in [0.15, 0.2) is 4.99 Å². The summed E-state index contributed by atoms with van der Waals surface area (Å²) in [5, 5.41) is 6.08. The molecule has 78 valence electrons. The zero-order valence-electron chi connectivity index (χ0n) is 8.25. The smallest absolute Gasteiger partial charge is 0.241 e. The Kier molecular flexibility index (Phi) is 2.86. The molecule has 1 fully saturated rings. The van der Waals surface area contributed by atoms with Crippen LogP contribution in [0.25, 0.3) is 0 Å². The zero-order valence-corrected chi connectivity index (χ0v) is 8.25. The standard InChI is InChI=1S/C9H16N4O/c14-8(13-5-1-2-6-13)7-12-9-10-3-4-11-9/h1-7H2,(H2,10,11,12). The number of carbonyl (C=O) groups is 1. The largest absolute Gasteiger partial charge is 0.355 e. The zero-order chi connectivity index (χ0) is 9.80. The van der Waals surface area contributed by atoms with E-state index >= 15 is 0 Å². The number of hydrogen-bond donors (Lipinski definition) is 2. The maximum absolute atomic E-state index is 11.6. The van der Waals surface area contributed by atoms with Crippen molar-refractivity contribution in [3.05, 3.63) is 0 Å². The van der Waals surface area contributed by atoms with E-state index in [9.17, 15) is 4.79 Å². The van der Waals surface area contributed by atoms with Crippen LogP contribution in [0.5, 0.6) is 0 Å². The molecular weight excluding hydrogens is 180 g/mol. The first-order chi connectivity index (χ1) is 6.86. The molecule has 14 heavy (non-hydrogen) atoms. The van der Waals surface area contributed by atoms with Crippen LogP contribution in [0.2, 0.25) is 0 Å². The molecule has 2 N–H and O–H groups in total. The molecule has 2 rings (SSSR count). The molecule has 2 heterocycles. The van der Waals surface area contributed by atoms with E-state index in [4.69, 9.17) is 0 Å². The van der Waals surface area contributed by atoms with Crippen molar-refractivity contribution >= 4 is 11.9 Å². The summed E-state index contributed by atoms with van der Waals surface area (Å²) in [5.74, 6) is 0.941. The molecule has 0 radical (unpaired) electrons. The topological polar surface area (TPSA) is 56.7 Å². The highest BCUT2D eigenvalue weighted by Crippen LogP contribution is 2.06. The minimum atomic E-state index is 0.180. The normalized spacial score (nSPS) is 20.6. The summed E-state index contributed by atoms with van der Waals surface area (Å²) in [6, 6.07) is 0. The van der Waals surface area contributed by atoms with Gasteiger partial charge >= 0.3 is 0 Å². The summed E-state index contributed by atoms with van der Waals surface area (Å²) < 4.78 is 0. The Labute approximate surface area is 83.6 Å². The van der Waals surface area contributed by atoms with E-state index < -0.39 is 0 Å². The third-order valence-corrected chi connectivity index (χ3v) is 2.54. The number of hydrogen-bond acceptors (Lipinski definition) is 4. The van der Waals surface area contributed by atoms with E-state index in [0.29, 0.717) is 6.54 Å². The minimum Gasteiger partial charge on any atom is -0.355 e. The van der Waals surface area contributed by atoms with Crippen molar-refractivity contribution in [3.63, 3.8) is 0 Å². The van der Waals surface area contributed by atoms with E-state index in [2.05, 4.69) is 15.6 Å². The number of carbonyl (C=O) groups excluding carboxylic acids is 1. The summed E-state index contributed by atoms with van der Waals surface area (Å²) in [6.07, 6.45) is 2.29. The number of likely N-dealkylation sites (tertiary alicyclic amines) is 1. The van der Waals surface area contributed by atoms with Gasteiger partial charge in [-0.15, -0.1) is 0 Å². The van der Waals surface area contributed by atoms with Crippen LogP contribution in [0.4, 0.5) is 0 Å². The van der Waals surface area contributed by atoms with Gasteiger partial charge in [0.15, 0.2) is 5.96 Å². The highest BCUT2D eigenvalue weighted by molar-refractivity contribution is 5.87. The number of nitrogens with one attached hydrogen (secondary N) is 2. The maximum atomic E-state index is 11.6. The number of guanidine groups is 1. The van der Waals surface area contributed by atoms with Gasteiger partial charge in [-0.1, -0.05) is 0 Å². The number of amides is 1. The molecule has 0 atom stereocenters. The van der Waals surface area contributed by atoms with Crippen molar-refractivity contribution in [1.82, 2.24) is 15.5 Å². The first-order valence-corrected chi connectivity index (χ1v) is 5.16. The Morgan fingerprint density at radius 1 is 1.50 bits per heavy atom. The molecule has 0 bridgehead atoms. The molecule has 2 aliphatic heterocycles. The minimum absolute atomic E-state index is 0.180. The lowest BCUT2D eigenvalue weighted by atomic mass is 10.4. The van der Waals surface area contributed by atoms with Gasteiger partial charge in [-0.25, -0.2) is 0 Å². The molecule has 0 spiro atoms. The molecule has 5 nitrogen and oxygen atoms in total. The third-order valence-electron chi connectivity index (χ3n) is 2.54. The van der Waals surface area contributed by atoms with Crippen LogP contribution < -0.4 is 10.6 Å². The van der Waals surface area contributed by atoms with Crippen LogP contribution in [-0.4, -0.2) is 49.5 Å². The summed E-state index contributed by atoms with van der Waals surface area (Å²) >= 11 is 0. The molecule has 0 saturated carbocycles. The summed E-state index contributed by atoms with van der Waals surface area (Å²) in [6.45, 7) is 3.88. The second kappa shape index (κ2) is 4.30. The van der Waals surface area contributed by atoms with Crippen LogP contribution in [0.1, 0.15) is 12.8 Å². The fourth-order valence-corrected chi connectivity index (χ4v) is 1.75. The Morgan fingerprint density at radius 3 is 2.93 bits per heavy atom. The van der Waals surface area contributed by atoms with Gasteiger partial charge in [0.05, 0.1) is 13.1 Å². The number of rotatable bonds is 2. The predicted octanol–water partition coefficient (Wildman–Crippen LogP) is -0.842. The summed E-state index contributed by atoms with van der Waals surface area (Å²) in [5.41, 5.74) is 0. The average molecular weight is 196 g/mol. The van der Waals surface area contributed by atoms with Crippen molar-refractivity contribution in [2.24, 2.45) is 4.99 Å². The van der Waals surface area contributed by atoms with Crippen LogP contribution in [-0.2, 0) is 4.79 Å². The highest BCUT2D eigenvalue weighted by Gasteiger charge is 2.17. The molecule has 0 aromatic rings. The summed E-state index contributed by atoms with van der Waals surface area (Å²) in [4.78, 5) is 17.6. The molecule has 1 amide bonds. The first kappa shape index (κ1) is 9.30. The quantitative estimate of drug-likeness (QED) is 0.605. The van der Waals surface area contributed by atoms with E-state index in [1.54, 1.807) is 0 Å². The van der Waals surface area contributed by atoms with Crippen molar-refractivity contribution < 1.29 is 4.79 Å². The summed E-state index contributed by atoms with van der Waals surface area (Å²) in [7, 11) is 0. The van der Waals surface area contributed by atoms with E-state index in [1.165, 1.54) is 0 Å². The van der Waals surface area contributed by atoms with Crippen LogP contribution >= 0.6 is 0 Å². The lowest BCUT2D eigenvalue weighted by molar-refractivity contribution is -0.128. The van der Waals surface area contributed by atoms with Gasteiger partial charge in [-0.3, -0.25) is 9.79 Å². The lowest BCUT2D eigenvalue weighted by Crippen LogP contribution is -2.42. The molecule has 1 saturated heterocycles. The molecule has 2 aliphatic rings. The predicted molar refractivity (Wildman–Crippen MR) is 54.1 cm³/mol. The Balaban J connectivity index is 1.71. The van der Waals surface area contributed by atoms with Crippen molar-refractivity contribution in [1.29, 1.82) is 0 Å². The molecule has 0 aromatic heterocycles. The fourth-order valence-electron chi connectivity index (χ4n) is 1.75. The Morgan fingerprint density at radius 2 is 2.29 bits per heavy atom. The fraction of sp³-hybridized carbons (Fsp3) is 0.778. The van der Waals surface area contributed by atoms with Crippen molar-refractivity contribution in [2.75, 3.05) is 32.7 Å². The van der Waals surface area contributed by atoms with Gasteiger partial charge < -0.3 is 15.5 Å². The van der Waals surface area contributed by atoms with Crippen LogP contribution in [0, 0.1) is 0 Å². The lowest BCUT2D eigenvalue weighted by Gasteiger charge is -2.15. The van der Waals surface area contributed by atoms with Gasteiger partial charge in [0.1, 0.15) is 0 Å². The van der Waals surface area contributed by atoms with Crippen LogP contribution in [0.3, 0.4) is 0 Å². The van der Waals surface area contributed by atoms with E-state index in [1.807, 2.05) is 4.90 Å². The van der Waals surface area contributed by atoms with Gasteiger partial charge in [-0.2, -0.15) is 0 Å². The third kappa shape index (κ3) is 2.16. The monoisotopic (exact) mass is 196 g/mol. The highest BCUT2D eigenvalue weighted by atomic mass is 16.2. The van der Waals surface area contributed by atoms with E-state index in [0.717, 1.165) is 45.0 Å². The Hall–Kier alpha value is -1.26. The molecule has 0 unspecified atom stereocenters. The second-order valence-corrected chi connectivity index (χ2v) is 3.60. The van der Waals surface area contributed by atoms with E-state index in [-0.39, 0.29) is 5.91 Å². The number of nitrogens with zero attached hydrogens (tertiary/aromatic N) is 2. The van der Waals surface area contributed by atoms with Gasteiger partial charge in [0.25, 0.3) is 0 Å². The van der Waals surface area contributed by atoms with Crippen molar-refractivity contribution in [2.45, 2.75) is 12.8 Å². The van der Waals surface area contributed by atoms with Crippen molar-refractivity contribution in [3.8, 4) is 0 Å².